The predicted octanol–water partition coefficient (Wildman–Crippen LogP) is 6.09. The van der Waals surface area contributed by atoms with Crippen LogP contribution in [0.5, 0.6) is 0 Å². The maximum atomic E-state index is 12.2. The Bertz CT molecular complexity index is 1340. The molecule has 4 aromatic rings. The van der Waals surface area contributed by atoms with Gasteiger partial charge in [-0.1, -0.05) is 42.4 Å². The second-order valence-electron chi connectivity index (χ2n) is 7.10. The first-order chi connectivity index (χ1) is 15.5. The van der Waals surface area contributed by atoms with E-state index in [0.717, 1.165) is 39.3 Å². The summed E-state index contributed by atoms with van der Waals surface area (Å²) < 4.78 is 8.87. The summed E-state index contributed by atoms with van der Waals surface area (Å²) >= 11 is 7.74. The van der Waals surface area contributed by atoms with Gasteiger partial charge in [0.05, 0.1) is 34.5 Å². The van der Waals surface area contributed by atoms with Gasteiger partial charge in [-0.25, -0.2) is 4.79 Å². The monoisotopic (exact) mass is 464 g/mol. The van der Waals surface area contributed by atoms with E-state index in [-0.39, 0.29) is 5.97 Å². The lowest BCUT2D eigenvalue weighted by molar-refractivity contribution is 0.0526. The van der Waals surface area contributed by atoms with Crippen LogP contribution in [-0.2, 0) is 11.3 Å². The van der Waals surface area contributed by atoms with Crippen LogP contribution in [0, 0.1) is 11.3 Å². The number of hydrogen-bond donors (Lipinski definition) is 0. The Morgan fingerprint density at radius 2 is 2.09 bits per heavy atom. The average Bonchev–Trinajstić information content (AvgIpc) is 3.36. The molecule has 0 aliphatic rings. The normalized spacial score (nSPS) is 10.9. The number of carbonyl (C=O) groups excluding carboxylic acids is 1. The quantitative estimate of drug-likeness (QED) is 0.309. The minimum Gasteiger partial charge on any atom is -0.462 e. The van der Waals surface area contributed by atoms with Gasteiger partial charge in [0.25, 0.3) is 0 Å². The van der Waals surface area contributed by atoms with E-state index < -0.39 is 0 Å². The SMILES string of the molecule is CCCn1cc(-n2c(C#N)c(Sc3cccc(C(=O)OCC)c3)c3ccc(Cl)cc32)cn1. The molecule has 0 saturated heterocycles. The fraction of sp³-hybridized carbons (Fsp3) is 0.208. The van der Waals surface area contributed by atoms with Crippen molar-refractivity contribution in [2.24, 2.45) is 0 Å². The summed E-state index contributed by atoms with van der Waals surface area (Å²) in [7, 11) is 0. The number of halogens is 1. The molecule has 32 heavy (non-hydrogen) atoms. The fourth-order valence-electron chi connectivity index (χ4n) is 3.54. The van der Waals surface area contributed by atoms with E-state index in [1.165, 1.54) is 11.8 Å². The maximum absolute atomic E-state index is 12.2. The summed E-state index contributed by atoms with van der Waals surface area (Å²) in [5.74, 6) is -0.368. The van der Waals surface area contributed by atoms with Gasteiger partial charge in [0, 0.05) is 28.0 Å². The Hall–Kier alpha value is -3.21. The number of rotatable bonds is 7. The molecule has 0 radical (unpaired) electrons. The highest BCUT2D eigenvalue weighted by atomic mass is 35.5. The minimum absolute atomic E-state index is 0.314. The van der Waals surface area contributed by atoms with Crippen molar-refractivity contribution in [2.75, 3.05) is 6.61 Å². The second kappa shape index (κ2) is 9.51. The van der Waals surface area contributed by atoms with E-state index in [0.29, 0.717) is 22.9 Å². The van der Waals surface area contributed by atoms with Gasteiger partial charge >= 0.3 is 5.97 Å². The molecule has 6 nitrogen and oxygen atoms in total. The Morgan fingerprint density at radius 1 is 1.25 bits per heavy atom. The van der Waals surface area contributed by atoms with Crippen molar-refractivity contribution < 1.29 is 9.53 Å². The lowest BCUT2D eigenvalue weighted by atomic mass is 10.2. The number of nitrogens with zero attached hydrogens (tertiary/aromatic N) is 4. The molecule has 4 rings (SSSR count). The predicted molar refractivity (Wildman–Crippen MR) is 126 cm³/mol. The van der Waals surface area contributed by atoms with Gasteiger partial charge in [0.15, 0.2) is 0 Å². The molecule has 0 bridgehead atoms. The molecule has 0 amide bonds. The van der Waals surface area contributed by atoms with Crippen LogP contribution < -0.4 is 0 Å². The molecular formula is C24H21ClN4O2S. The highest BCUT2D eigenvalue weighted by Crippen LogP contribution is 2.40. The molecule has 2 aromatic carbocycles. The summed E-state index contributed by atoms with van der Waals surface area (Å²) in [5, 5.41) is 16.0. The summed E-state index contributed by atoms with van der Waals surface area (Å²) in [6.45, 7) is 4.98. The average molecular weight is 465 g/mol. The summed E-state index contributed by atoms with van der Waals surface area (Å²) in [5.41, 5.74) is 2.59. The van der Waals surface area contributed by atoms with Crippen molar-refractivity contribution in [3.63, 3.8) is 0 Å². The number of nitriles is 1. The molecule has 0 saturated carbocycles. The molecule has 0 N–H and O–H groups in total. The number of esters is 1. The lowest BCUT2D eigenvalue weighted by Crippen LogP contribution is -2.04. The van der Waals surface area contributed by atoms with Gasteiger partial charge in [0.2, 0.25) is 0 Å². The van der Waals surface area contributed by atoms with Crippen LogP contribution in [0.3, 0.4) is 0 Å². The van der Waals surface area contributed by atoms with Crippen LogP contribution in [-0.4, -0.2) is 26.9 Å². The number of fused-ring (bicyclic) bond motifs is 1. The maximum Gasteiger partial charge on any atom is 0.338 e. The zero-order valence-electron chi connectivity index (χ0n) is 17.7. The molecule has 0 aliphatic heterocycles. The lowest BCUT2D eigenvalue weighted by Gasteiger charge is -2.06. The number of carbonyl (C=O) groups is 1. The molecule has 2 heterocycles. The van der Waals surface area contributed by atoms with Gasteiger partial charge in [-0.15, -0.1) is 0 Å². The Morgan fingerprint density at radius 3 is 2.84 bits per heavy atom. The molecule has 2 aromatic heterocycles. The number of ether oxygens (including phenoxy) is 1. The van der Waals surface area contributed by atoms with Crippen LogP contribution in [0.25, 0.3) is 16.6 Å². The molecule has 0 spiro atoms. The zero-order valence-corrected chi connectivity index (χ0v) is 19.3. The van der Waals surface area contributed by atoms with Crippen LogP contribution in [0.4, 0.5) is 0 Å². The van der Waals surface area contributed by atoms with E-state index in [1.807, 2.05) is 45.8 Å². The Labute approximate surface area is 195 Å². The van der Waals surface area contributed by atoms with Crippen molar-refractivity contribution in [2.45, 2.75) is 36.6 Å². The third-order valence-corrected chi connectivity index (χ3v) is 6.23. The van der Waals surface area contributed by atoms with Crippen molar-refractivity contribution in [3.05, 3.63) is 71.1 Å². The van der Waals surface area contributed by atoms with Crippen LogP contribution in [0.2, 0.25) is 5.02 Å². The van der Waals surface area contributed by atoms with E-state index in [4.69, 9.17) is 16.3 Å². The third kappa shape index (κ3) is 4.24. The van der Waals surface area contributed by atoms with Gasteiger partial charge in [-0.3, -0.25) is 9.25 Å². The molecule has 0 atom stereocenters. The molecule has 8 heteroatoms. The van der Waals surface area contributed by atoms with Gasteiger partial charge in [-0.05, 0) is 43.7 Å². The Kier molecular flexibility index (Phi) is 6.54. The summed E-state index contributed by atoms with van der Waals surface area (Å²) in [6.07, 6.45) is 4.65. The van der Waals surface area contributed by atoms with Gasteiger partial charge < -0.3 is 4.74 Å². The van der Waals surface area contributed by atoms with E-state index in [2.05, 4.69) is 18.1 Å². The van der Waals surface area contributed by atoms with E-state index in [1.54, 1.807) is 25.3 Å². The number of benzene rings is 2. The van der Waals surface area contributed by atoms with E-state index in [9.17, 15) is 10.1 Å². The minimum atomic E-state index is -0.368. The first-order valence-corrected chi connectivity index (χ1v) is 11.5. The smallest absolute Gasteiger partial charge is 0.338 e. The highest BCUT2D eigenvalue weighted by molar-refractivity contribution is 7.99. The second-order valence-corrected chi connectivity index (χ2v) is 8.62. The first kappa shape index (κ1) is 22.0. The zero-order chi connectivity index (χ0) is 22.7. The molecule has 0 fully saturated rings. The van der Waals surface area contributed by atoms with Crippen LogP contribution >= 0.6 is 23.4 Å². The molecule has 162 valence electrons. The topological polar surface area (TPSA) is 72.8 Å². The highest BCUT2D eigenvalue weighted by Gasteiger charge is 2.21. The molecule has 0 unspecified atom stereocenters. The summed E-state index contributed by atoms with van der Waals surface area (Å²) in [6, 6.07) is 15.2. The van der Waals surface area contributed by atoms with Gasteiger partial charge in [-0.2, -0.15) is 10.4 Å². The molecule has 0 aliphatic carbocycles. The standard InChI is InChI=1S/C24H21ClN4O2S/c1-3-10-28-15-18(14-27-28)29-21-12-17(25)8-9-20(21)23(22(29)13-26)32-19-7-5-6-16(11-19)24(30)31-4-2/h5-9,11-12,14-15H,3-4,10H2,1-2H3. The third-order valence-electron chi connectivity index (χ3n) is 4.89. The fourth-order valence-corrected chi connectivity index (χ4v) is 4.79. The largest absolute Gasteiger partial charge is 0.462 e. The first-order valence-electron chi connectivity index (χ1n) is 10.3. The van der Waals surface area contributed by atoms with Crippen LogP contribution in [0.15, 0.2) is 64.6 Å². The number of hydrogen-bond acceptors (Lipinski definition) is 5. The van der Waals surface area contributed by atoms with Crippen molar-refractivity contribution in [1.29, 1.82) is 5.26 Å². The van der Waals surface area contributed by atoms with Gasteiger partial charge in [0.1, 0.15) is 11.8 Å². The van der Waals surface area contributed by atoms with Crippen molar-refractivity contribution >= 4 is 40.2 Å². The van der Waals surface area contributed by atoms with Crippen LogP contribution in [0.1, 0.15) is 36.3 Å². The number of aryl methyl sites for hydroxylation is 1. The summed E-state index contributed by atoms with van der Waals surface area (Å²) in [4.78, 5) is 13.8. The van der Waals surface area contributed by atoms with Crippen molar-refractivity contribution in [1.82, 2.24) is 14.3 Å². The van der Waals surface area contributed by atoms with Crippen molar-refractivity contribution in [3.8, 4) is 11.8 Å². The van der Waals surface area contributed by atoms with E-state index >= 15 is 0 Å². The Balaban J connectivity index is 1.85. The number of aromatic nitrogens is 3. The molecular weight excluding hydrogens is 444 g/mol.